The largest absolute Gasteiger partial charge is 0.350 e. The van der Waals surface area contributed by atoms with Crippen molar-refractivity contribution in [3.05, 3.63) is 72.1 Å². The Morgan fingerprint density at radius 1 is 1.00 bits per heavy atom. The van der Waals surface area contributed by atoms with Crippen LogP contribution in [-0.2, 0) is 18.3 Å². The van der Waals surface area contributed by atoms with E-state index in [0.717, 1.165) is 58.4 Å². The number of anilines is 4. The topological polar surface area (TPSA) is 75.1 Å². The van der Waals surface area contributed by atoms with Crippen LogP contribution in [0.25, 0.3) is 10.9 Å². The molecule has 0 unspecified atom stereocenters. The highest BCUT2D eigenvalue weighted by Gasteiger charge is 2.16. The molecule has 33 heavy (non-hydrogen) atoms. The molecule has 2 aromatic heterocycles. The highest BCUT2D eigenvalue weighted by atomic mass is 16.1. The third-order valence-electron chi connectivity index (χ3n) is 6.00. The molecular formula is C26H28N6O. The Balaban J connectivity index is 1.24. The Labute approximate surface area is 193 Å². The molecule has 0 bridgehead atoms. The molecule has 2 aromatic carbocycles. The minimum Gasteiger partial charge on any atom is -0.350 e. The second-order valence-electron chi connectivity index (χ2n) is 8.60. The van der Waals surface area contributed by atoms with Crippen LogP contribution in [0.2, 0.25) is 0 Å². The van der Waals surface area contributed by atoms with E-state index in [0.29, 0.717) is 6.42 Å². The number of hydrogen-bond donors (Lipinski definition) is 2. The first kappa shape index (κ1) is 21.0. The van der Waals surface area contributed by atoms with Gasteiger partial charge in [0.1, 0.15) is 5.82 Å². The fourth-order valence-electron chi connectivity index (χ4n) is 4.40. The van der Waals surface area contributed by atoms with Crippen molar-refractivity contribution in [2.45, 2.75) is 26.2 Å². The van der Waals surface area contributed by atoms with Crippen molar-refractivity contribution in [2.75, 3.05) is 28.6 Å². The van der Waals surface area contributed by atoms with E-state index in [2.05, 4.69) is 42.2 Å². The van der Waals surface area contributed by atoms with Crippen LogP contribution in [0, 0.1) is 6.92 Å². The smallest absolute Gasteiger partial charge is 0.228 e. The summed E-state index contributed by atoms with van der Waals surface area (Å²) in [5, 5.41) is 7.48. The highest BCUT2D eigenvalue weighted by molar-refractivity contribution is 5.96. The van der Waals surface area contributed by atoms with Gasteiger partial charge in [-0.05, 0) is 55.7 Å². The molecule has 1 fully saturated rings. The summed E-state index contributed by atoms with van der Waals surface area (Å²) >= 11 is 0. The molecule has 0 spiro atoms. The van der Waals surface area contributed by atoms with Gasteiger partial charge in [0.05, 0.1) is 6.42 Å². The monoisotopic (exact) mass is 440 g/mol. The highest BCUT2D eigenvalue weighted by Crippen LogP contribution is 2.23. The molecule has 5 rings (SSSR count). The maximum absolute atomic E-state index is 12.7. The lowest BCUT2D eigenvalue weighted by Crippen LogP contribution is -2.21. The van der Waals surface area contributed by atoms with Crippen molar-refractivity contribution in [3.8, 4) is 0 Å². The Kier molecular flexibility index (Phi) is 5.69. The lowest BCUT2D eigenvalue weighted by atomic mass is 10.1. The summed E-state index contributed by atoms with van der Waals surface area (Å²) in [6.07, 6.45) is 4.74. The van der Waals surface area contributed by atoms with Crippen molar-refractivity contribution in [3.63, 3.8) is 0 Å². The van der Waals surface area contributed by atoms with E-state index in [1.54, 1.807) is 0 Å². The SMILES string of the molecule is Cc1cc(Nc2ccc(NC(=O)Cc3cn(C)c4ccccc34)cc2)nc(N2CCCC2)n1. The number of para-hydroxylation sites is 1. The van der Waals surface area contributed by atoms with E-state index in [-0.39, 0.29) is 5.91 Å². The molecule has 0 aliphatic carbocycles. The van der Waals surface area contributed by atoms with Gasteiger partial charge in [-0.2, -0.15) is 4.98 Å². The number of fused-ring (bicyclic) bond motifs is 1. The second kappa shape index (κ2) is 8.94. The molecule has 4 aromatic rings. The van der Waals surface area contributed by atoms with Crippen molar-refractivity contribution in [1.29, 1.82) is 0 Å². The molecule has 168 valence electrons. The number of rotatable bonds is 6. The van der Waals surface area contributed by atoms with Crippen LogP contribution in [0.1, 0.15) is 24.1 Å². The Morgan fingerprint density at radius 2 is 1.73 bits per heavy atom. The molecule has 2 N–H and O–H groups in total. The van der Waals surface area contributed by atoms with Gasteiger partial charge in [-0.3, -0.25) is 4.79 Å². The molecule has 3 heterocycles. The quantitative estimate of drug-likeness (QED) is 0.450. The average molecular weight is 441 g/mol. The number of carbonyl (C=O) groups excluding carboxylic acids is 1. The molecule has 1 saturated heterocycles. The van der Waals surface area contributed by atoms with Gasteiger partial charge in [-0.25, -0.2) is 4.98 Å². The number of benzene rings is 2. The molecule has 7 heteroatoms. The van der Waals surface area contributed by atoms with Gasteiger partial charge in [-0.15, -0.1) is 0 Å². The molecule has 0 atom stereocenters. The van der Waals surface area contributed by atoms with Crippen LogP contribution >= 0.6 is 0 Å². The summed E-state index contributed by atoms with van der Waals surface area (Å²) in [6.45, 7) is 4.01. The van der Waals surface area contributed by atoms with E-state index in [9.17, 15) is 4.79 Å². The van der Waals surface area contributed by atoms with Gasteiger partial charge in [0, 0.05) is 60.4 Å². The third kappa shape index (κ3) is 4.67. The minimum atomic E-state index is -0.0336. The zero-order chi connectivity index (χ0) is 22.8. The van der Waals surface area contributed by atoms with Gasteiger partial charge in [0.25, 0.3) is 0 Å². The van der Waals surface area contributed by atoms with Crippen molar-refractivity contribution in [2.24, 2.45) is 7.05 Å². The summed E-state index contributed by atoms with van der Waals surface area (Å²) in [7, 11) is 2.00. The number of hydrogen-bond acceptors (Lipinski definition) is 5. The Morgan fingerprint density at radius 3 is 2.52 bits per heavy atom. The van der Waals surface area contributed by atoms with Gasteiger partial charge in [-0.1, -0.05) is 18.2 Å². The predicted octanol–water partition coefficient (Wildman–Crippen LogP) is 4.80. The maximum Gasteiger partial charge on any atom is 0.228 e. The van der Waals surface area contributed by atoms with Crippen LogP contribution in [-0.4, -0.2) is 33.5 Å². The van der Waals surface area contributed by atoms with E-state index in [4.69, 9.17) is 0 Å². The van der Waals surface area contributed by atoms with Crippen molar-refractivity contribution in [1.82, 2.24) is 14.5 Å². The van der Waals surface area contributed by atoms with Gasteiger partial charge in [0.2, 0.25) is 11.9 Å². The van der Waals surface area contributed by atoms with Crippen LogP contribution < -0.4 is 15.5 Å². The first-order valence-corrected chi connectivity index (χ1v) is 11.4. The van der Waals surface area contributed by atoms with Gasteiger partial charge in [0.15, 0.2) is 0 Å². The Hall–Kier alpha value is -3.87. The van der Waals surface area contributed by atoms with Crippen LogP contribution in [0.5, 0.6) is 0 Å². The number of aromatic nitrogens is 3. The summed E-state index contributed by atoms with van der Waals surface area (Å²) in [5.74, 6) is 1.53. The Bertz CT molecular complexity index is 1290. The summed E-state index contributed by atoms with van der Waals surface area (Å²) in [6, 6.07) is 17.8. The van der Waals surface area contributed by atoms with E-state index in [1.807, 2.05) is 62.6 Å². The zero-order valence-corrected chi connectivity index (χ0v) is 19.0. The first-order valence-electron chi connectivity index (χ1n) is 11.4. The molecule has 1 aliphatic rings. The molecule has 7 nitrogen and oxygen atoms in total. The summed E-state index contributed by atoms with van der Waals surface area (Å²) < 4.78 is 2.06. The van der Waals surface area contributed by atoms with Crippen LogP contribution in [0.3, 0.4) is 0 Å². The van der Waals surface area contributed by atoms with Crippen molar-refractivity contribution < 1.29 is 4.79 Å². The molecule has 0 saturated carbocycles. The molecular weight excluding hydrogens is 412 g/mol. The van der Waals surface area contributed by atoms with E-state index >= 15 is 0 Å². The number of nitrogens with one attached hydrogen (secondary N) is 2. The summed E-state index contributed by atoms with van der Waals surface area (Å²) in [4.78, 5) is 24.2. The fraction of sp³-hybridized carbons (Fsp3) is 0.269. The summed E-state index contributed by atoms with van der Waals surface area (Å²) in [5.41, 5.74) is 4.77. The van der Waals surface area contributed by atoms with E-state index < -0.39 is 0 Å². The first-order chi connectivity index (χ1) is 16.0. The van der Waals surface area contributed by atoms with E-state index in [1.165, 1.54) is 12.8 Å². The fourth-order valence-corrected chi connectivity index (χ4v) is 4.40. The molecule has 1 amide bonds. The number of nitrogens with zero attached hydrogens (tertiary/aromatic N) is 4. The second-order valence-corrected chi connectivity index (χ2v) is 8.60. The average Bonchev–Trinajstić information content (AvgIpc) is 3.44. The molecule has 0 radical (unpaired) electrons. The normalized spacial score (nSPS) is 13.5. The third-order valence-corrected chi connectivity index (χ3v) is 6.00. The number of carbonyl (C=O) groups is 1. The van der Waals surface area contributed by atoms with Gasteiger partial charge < -0.3 is 20.1 Å². The van der Waals surface area contributed by atoms with Crippen LogP contribution in [0.4, 0.5) is 23.1 Å². The lowest BCUT2D eigenvalue weighted by molar-refractivity contribution is -0.115. The zero-order valence-electron chi connectivity index (χ0n) is 19.0. The number of amides is 1. The van der Waals surface area contributed by atoms with Crippen molar-refractivity contribution >= 4 is 40.0 Å². The van der Waals surface area contributed by atoms with Crippen LogP contribution in [0.15, 0.2) is 60.8 Å². The van der Waals surface area contributed by atoms with Gasteiger partial charge >= 0.3 is 0 Å². The molecule has 1 aliphatic heterocycles. The maximum atomic E-state index is 12.7. The predicted molar refractivity (Wildman–Crippen MR) is 133 cm³/mol. The lowest BCUT2D eigenvalue weighted by Gasteiger charge is -2.17. The number of aryl methyl sites for hydroxylation is 2. The minimum absolute atomic E-state index is 0.0336. The standard InChI is InChI=1S/C26H28N6O/c1-18-15-24(30-26(27-18)32-13-5-6-14-32)28-20-9-11-21(12-10-20)29-25(33)16-19-17-31(2)23-8-4-3-7-22(19)23/h3-4,7-12,15,17H,5-6,13-14,16H2,1-2H3,(H,29,33)(H,27,28,30).